The van der Waals surface area contributed by atoms with Crippen molar-refractivity contribution in [1.82, 2.24) is 35.4 Å². The minimum absolute atomic E-state index is 0.811. The zero-order chi connectivity index (χ0) is 11.9. The molecule has 86 valence electrons. The van der Waals surface area contributed by atoms with Crippen LogP contribution < -0.4 is 0 Å². The lowest BCUT2D eigenvalue weighted by Gasteiger charge is -1.91. The average molecular weight is 229 g/mol. The first-order valence-corrected chi connectivity index (χ1v) is 4.94. The second-order valence-electron chi connectivity index (χ2n) is 3.18. The number of benzene rings is 1. The Morgan fingerprint density at radius 3 is 2.47 bits per heavy atom. The molecule has 2 aromatic heterocycles. The highest BCUT2D eigenvalue weighted by atomic mass is 15.5. The Balaban J connectivity index is 0.000000153. The molecule has 0 spiro atoms. The minimum atomic E-state index is 0.811. The fraction of sp³-hybridized carbons (Fsp3) is 0.100. The molecule has 0 radical (unpaired) electrons. The molecule has 0 aliphatic heterocycles. The Hall–Kier alpha value is -2.57. The van der Waals surface area contributed by atoms with Crippen LogP contribution in [0.3, 0.4) is 0 Å². The largest absolute Gasteiger partial charge is 0.259 e. The SMILES string of the molecule is Cn1cnnn1.c1ccc(-c2ncn[nH]2)cc1. The molecule has 2 heterocycles. The predicted molar refractivity (Wildman–Crippen MR) is 60.6 cm³/mol. The van der Waals surface area contributed by atoms with Crippen LogP contribution in [0.4, 0.5) is 0 Å². The van der Waals surface area contributed by atoms with Crippen LogP contribution in [-0.4, -0.2) is 35.4 Å². The van der Waals surface area contributed by atoms with E-state index in [1.54, 1.807) is 7.05 Å². The van der Waals surface area contributed by atoms with Crippen LogP contribution >= 0.6 is 0 Å². The van der Waals surface area contributed by atoms with Gasteiger partial charge in [0.05, 0.1) is 0 Å². The molecule has 7 heteroatoms. The lowest BCUT2D eigenvalue weighted by atomic mass is 10.2. The van der Waals surface area contributed by atoms with Crippen LogP contribution in [0, 0.1) is 0 Å². The maximum atomic E-state index is 4.02. The fourth-order valence-electron chi connectivity index (χ4n) is 1.15. The molecule has 0 aliphatic rings. The predicted octanol–water partition coefficient (Wildman–Crippen LogP) is 0.682. The molecular formula is C10H11N7. The van der Waals surface area contributed by atoms with Crippen molar-refractivity contribution in [3.63, 3.8) is 0 Å². The van der Waals surface area contributed by atoms with Gasteiger partial charge in [0.1, 0.15) is 12.7 Å². The second kappa shape index (κ2) is 5.50. The maximum absolute atomic E-state index is 4.02. The Labute approximate surface area is 97.5 Å². The third-order valence-electron chi connectivity index (χ3n) is 1.91. The topological polar surface area (TPSA) is 85.2 Å². The molecular weight excluding hydrogens is 218 g/mol. The van der Waals surface area contributed by atoms with Gasteiger partial charge >= 0.3 is 0 Å². The number of rotatable bonds is 1. The lowest BCUT2D eigenvalue weighted by molar-refractivity contribution is 0.710. The summed E-state index contributed by atoms with van der Waals surface area (Å²) in [5.41, 5.74) is 1.06. The normalized spacial score (nSPS) is 9.47. The number of hydrogen-bond donors (Lipinski definition) is 1. The van der Waals surface area contributed by atoms with Gasteiger partial charge in [-0.3, -0.25) is 5.10 Å². The van der Waals surface area contributed by atoms with Crippen LogP contribution in [0.15, 0.2) is 43.0 Å². The van der Waals surface area contributed by atoms with Gasteiger partial charge in [0.25, 0.3) is 0 Å². The molecule has 0 unspecified atom stereocenters. The number of nitrogens with one attached hydrogen (secondary N) is 1. The molecule has 3 aromatic rings. The van der Waals surface area contributed by atoms with E-state index in [1.807, 2.05) is 30.3 Å². The molecule has 1 N–H and O–H groups in total. The third kappa shape index (κ3) is 3.20. The zero-order valence-electron chi connectivity index (χ0n) is 9.22. The summed E-state index contributed by atoms with van der Waals surface area (Å²) in [5, 5.41) is 16.7. The third-order valence-corrected chi connectivity index (χ3v) is 1.91. The fourth-order valence-corrected chi connectivity index (χ4v) is 1.15. The summed E-state index contributed by atoms with van der Waals surface area (Å²) < 4.78 is 1.53. The van der Waals surface area contributed by atoms with Gasteiger partial charge < -0.3 is 0 Å². The molecule has 1 aromatic carbocycles. The average Bonchev–Trinajstić information content (AvgIpc) is 3.03. The molecule has 0 saturated heterocycles. The van der Waals surface area contributed by atoms with Crippen LogP contribution in [0.1, 0.15) is 0 Å². The molecule has 0 aliphatic carbocycles. The second-order valence-corrected chi connectivity index (χ2v) is 3.18. The minimum Gasteiger partial charge on any atom is -0.259 e. The standard InChI is InChI=1S/C8H7N3.C2H4N4/c1-2-4-7(5-3-1)8-9-6-10-11-8;1-6-2-3-4-5-6/h1-6H,(H,9,10,11);2H,1H3. The molecule has 0 bridgehead atoms. The summed E-state index contributed by atoms with van der Waals surface area (Å²) in [6, 6.07) is 9.89. The van der Waals surface area contributed by atoms with Crippen molar-refractivity contribution >= 4 is 0 Å². The highest BCUT2D eigenvalue weighted by Crippen LogP contribution is 2.10. The Kier molecular flexibility index (Phi) is 3.53. The lowest BCUT2D eigenvalue weighted by Crippen LogP contribution is -1.85. The molecule has 0 fully saturated rings. The summed E-state index contributed by atoms with van der Waals surface area (Å²) in [7, 11) is 1.76. The molecule has 0 amide bonds. The Morgan fingerprint density at radius 2 is 2.00 bits per heavy atom. The number of nitrogens with zero attached hydrogens (tertiary/aromatic N) is 6. The van der Waals surface area contributed by atoms with E-state index in [9.17, 15) is 0 Å². The Morgan fingerprint density at radius 1 is 1.18 bits per heavy atom. The zero-order valence-corrected chi connectivity index (χ0v) is 9.22. The summed E-state index contributed by atoms with van der Waals surface area (Å²) in [6.45, 7) is 0. The monoisotopic (exact) mass is 229 g/mol. The number of hydrogen-bond acceptors (Lipinski definition) is 5. The van der Waals surface area contributed by atoms with E-state index in [1.165, 1.54) is 17.3 Å². The van der Waals surface area contributed by atoms with Crippen LogP contribution in [0.2, 0.25) is 0 Å². The molecule has 3 rings (SSSR count). The first-order valence-electron chi connectivity index (χ1n) is 4.94. The molecule has 17 heavy (non-hydrogen) atoms. The van der Waals surface area contributed by atoms with Crippen molar-refractivity contribution in [2.45, 2.75) is 0 Å². The number of aromatic amines is 1. The highest BCUT2D eigenvalue weighted by Gasteiger charge is 1.95. The van der Waals surface area contributed by atoms with Gasteiger partial charge in [-0.25, -0.2) is 9.67 Å². The quantitative estimate of drug-likeness (QED) is 0.663. The van der Waals surface area contributed by atoms with E-state index in [0.717, 1.165) is 11.4 Å². The van der Waals surface area contributed by atoms with Crippen LogP contribution in [-0.2, 0) is 7.05 Å². The highest BCUT2D eigenvalue weighted by molar-refractivity contribution is 5.53. The van der Waals surface area contributed by atoms with Gasteiger partial charge in [-0.05, 0) is 10.4 Å². The van der Waals surface area contributed by atoms with E-state index in [0.29, 0.717) is 0 Å². The van der Waals surface area contributed by atoms with Crippen molar-refractivity contribution in [3.05, 3.63) is 43.0 Å². The Bertz CT molecular complexity index is 515. The van der Waals surface area contributed by atoms with E-state index < -0.39 is 0 Å². The van der Waals surface area contributed by atoms with Crippen molar-refractivity contribution in [1.29, 1.82) is 0 Å². The van der Waals surface area contributed by atoms with Gasteiger partial charge in [0, 0.05) is 12.6 Å². The summed E-state index contributed by atoms with van der Waals surface area (Å²) in [4.78, 5) is 4.02. The molecule has 0 atom stereocenters. The first kappa shape index (κ1) is 10.9. The van der Waals surface area contributed by atoms with Crippen molar-refractivity contribution in [2.75, 3.05) is 0 Å². The summed E-state index contributed by atoms with van der Waals surface area (Å²) in [6.07, 6.45) is 3.03. The van der Waals surface area contributed by atoms with Crippen molar-refractivity contribution < 1.29 is 0 Å². The maximum Gasteiger partial charge on any atom is 0.155 e. The smallest absolute Gasteiger partial charge is 0.155 e. The number of aromatic nitrogens is 7. The van der Waals surface area contributed by atoms with Crippen LogP contribution in [0.25, 0.3) is 11.4 Å². The number of H-pyrrole nitrogens is 1. The van der Waals surface area contributed by atoms with Crippen LogP contribution in [0.5, 0.6) is 0 Å². The summed E-state index contributed by atoms with van der Waals surface area (Å²) in [5.74, 6) is 0.811. The van der Waals surface area contributed by atoms with E-state index >= 15 is 0 Å². The van der Waals surface area contributed by atoms with E-state index in [-0.39, 0.29) is 0 Å². The van der Waals surface area contributed by atoms with Gasteiger partial charge in [0.15, 0.2) is 5.82 Å². The van der Waals surface area contributed by atoms with Gasteiger partial charge in [-0.15, -0.1) is 5.10 Å². The van der Waals surface area contributed by atoms with E-state index in [4.69, 9.17) is 0 Å². The van der Waals surface area contributed by atoms with Gasteiger partial charge in [-0.1, -0.05) is 30.3 Å². The summed E-state index contributed by atoms with van der Waals surface area (Å²) >= 11 is 0. The molecule has 0 saturated carbocycles. The van der Waals surface area contributed by atoms with Crippen molar-refractivity contribution in [3.8, 4) is 11.4 Å². The van der Waals surface area contributed by atoms with Crippen molar-refractivity contribution in [2.24, 2.45) is 7.05 Å². The van der Waals surface area contributed by atoms with Gasteiger partial charge in [-0.2, -0.15) is 5.10 Å². The first-order chi connectivity index (χ1) is 8.36. The molecule has 7 nitrogen and oxygen atoms in total. The number of aryl methyl sites for hydroxylation is 1. The number of tetrazole rings is 1. The van der Waals surface area contributed by atoms with E-state index in [2.05, 4.69) is 30.7 Å². The van der Waals surface area contributed by atoms with Gasteiger partial charge in [0.2, 0.25) is 0 Å².